The number of carbonyl (C=O) groups is 1. The van der Waals surface area contributed by atoms with E-state index < -0.39 is 0 Å². The summed E-state index contributed by atoms with van der Waals surface area (Å²) in [6, 6.07) is 8.19. The number of amides is 1. The third-order valence-electron chi connectivity index (χ3n) is 3.47. The van der Waals surface area contributed by atoms with Gasteiger partial charge in [-0.2, -0.15) is 0 Å². The molecule has 0 saturated heterocycles. The number of rotatable bonds is 7. The molecule has 0 aliphatic rings. The lowest BCUT2D eigenvalue weighted by Crippen LogP contribution is -2.31. The maximum Gasteiger partial charge on any atom is 0.223 e. The molecule has 0 aliphatic heterocycles. The van der Waals surface area contributed by atoms with E-state index in [4.69, 9.17) is 5.73 Å². The van der Waals surface area contributed by atoms with Crippen molar-refractivity contribution in [2.45, 2.75) is 52.1 Å². The summed E-state index contributed by atoms with van der Waals surface area (Å²) in [4.78, 5) is 12.2. The molecule has 1 amide bonds. The van der Waals surface area contributed by atoms with Crippen LogP contribution in [-0.4, -0.2) is 11.9 Å². The monoisotopic (exact) mass is 340 g/mol. The van der Waals surface area contributed by atoms with Gasteiger partial charge in [-0.15, -0.1) is 0 Å². The Morgan fingerprint density at radius 3 is 2.50 bits per heavy atom. The van der Waals surface area contributed by atoms with E-state index in [0.717, 1.165) is 29.3 Å². The molecule has 1 aromatic carbocycles. The first-order chi connectivity index (χ1) is 9.41. The van der Waals surface area contributed by atoms with Gasteiger partial charge in [0.1, 0.15) is 0 Å². The molecule has 0 bridgehead atoms. The van der Waals surface area contributed by atoms with E-state index in [1.165, 1.54) is 0 Å². The molecule has 4 heteroatoms. The van der Waals surface area contributed by atoms with Gasteiger partial charge in [0.15, 0.2) is 0 Å². The summed E-state index contributed by atoms with van der Waals surface area (Å²) in [5, 5.41) is 3.07. The Morgan fingerprint density at radius 2 is 1.90 bits per heavy atom. The molecule has 0 radical (unpaired) electrons. The second-order valence-corrected chi connectivity index (χ2v) is 6.42. The van der Waals surface area contributed by atoms with Crippen molar-refractivity contribution >= 4 is 21.8 Å². The Bertz CT molecular complexity index is 434. The average Bonchev–Trinajstić information content (AvgIpc) is 2.38. The van der Waals surface area contributed by atoms with E-state index in [9.17, 15) is 4.79 Å². The normalized spacial score (nSPS) is 15.4. The summed E-state index contributed by atoms with van der Waals surface area (Å²) in [5.41, 5.74) is 6.82. The van der Waals surface area contributed by atoms with Crippen molar-refractivity contribution in [3.63, 3.8) is 0 Å². The van der Waals surface area contributed by atoms with Crippen LogP contribution in [0.25, 0.3) is 0 Å². The quantitative estimate of drug-likeness (QED) is 0.793. The summed E-state index contributed by atoms with van der Waals surface area (Å²) in [6.45, 7) is 5.98. The van der Waals surface area contributed by atoms with Gasteiger partial charge in [-0.05, 0) is 38.3 Å². The Morgan fingerprint density at radius 1 is 1.25 bits per heavy atom. The molecule has 0 fully saturated rings. The first kappa shape index (κ1) is 17.2. The summed E-state index contributed by atoms with van der Waals surface area (Å²) in [7, 11) is 0. The van der Waals surface area contributed by atoms with E-state index in [2.05, 4.69) is 21.2 Å². The molecule has 1 rings (SSSR count). The lowest BCUT2D eigenvalue weighted by Gasteiger charge is -2.19. The highest BCUT2D eigenvalue weighted by molar-refractivity contribution is 9.10. The fourth-order valence-corrected chi connectivity index (χ4v) is 2.76. The third-order valence-corrected chi connectivity index (χ3v) is 4.20. The van der Waals surface area contributed by atoms with Crippen LogP contribution in [0.5, 0.6) is 0 Å². The van der Waals surface area contributed by atoms with Crippen molar-refractivity contribution in [1.82, 2.24) is 5.32 Å². The zero-order valence-electron chi connectivity index (χ0n) is 12.5. The minimum Gasteiger partial charge on any atom is -0.349 e. The van der Waals surface area contributed by atoms with E-state index >= 15 is 0 Å². The molecule has 0 aromatic heterocycles. The molecule has 0 aliphatic carbocycles. The fourth-order valence-electron chi connectivity index (χ4n) is 2.14. The van der Waals surface area contributed by atoms with Gasteiger partial charge < -0.3 is 11.1 Å². The maximum absolute atomic E-state index is 12.2. The van der Waals surface area contributed by atoms with E-state index in [1.54, 1.807) is 0 Å². The van der Waals surface area contributed by atoms with Gasteiger partial charge in [0.05, 0.1) is 6.04 Å². The topological polar surface area (TPSA) is 55.1 Å². The SMILES string of the molecule is CC(N)CCCC(C)C(=O)N[C@@H](C)c1ccccc1Br. The Kier molecular flexibility index (Phi) is 7.24. The molecule has 0 spiro atoms. The first-order valence-electron chi connectivity index (χ1n) is 7.22. The largest absolute Gasteiger partial charge is 0.349 e. The van der Waals surface area contributed by atoms with Crippen LogP contribution in [0.4, 0.5) is 0 Å². The average molecular weight is 341 g/mol. The van der Waals surface area contributed by atoms with E-state index in [0.29, 0.717) is 0 Å². The van der Waals surface area contributed by atoms with Gasteiger partial charge in [-0.3, -0.25) is 4.79 Å². The smallest absolute Gasteiger partial charge is 0.223 e. The minimum absolute atomic E-state index is 0.00829. The summed E-state index contributed by atoms with van der Waals surface area (Å²) in [6.07, 6.45) is 2.85. The lowest BCUT2D eigenvalue weighted by molar-refractivity contribution is -0.125. The lowest BCUT2D eigenvalue weighted by atomic mass is 10.0. The standard InChI is InChI=1S/C16H25BrN2O/c1-11(7-6-8-12(2)18)16(20)19-13(3)14-9-4-5-10-15(14)17/h4-5,9-13H,6-8,18H2,1-3H3,(H,19,20)/t11?,12?,13-/m0/s1. The zero-order chi connectivity index (χ0) is 15.1. The molecule has 20 heavy (non-hydrogen) atoms. The van der Waals surface area contributed by atoms with Crippen LogP contribution < -0.4 is 11.1 Å². The fraction of sp³-hybridized carbons (Fsp3) is 0.562. The van der Waals surface area contributed by atoms with Crippen LogP contribution in [-0.2, 0) is 4.79 Å². The van der Waals surface area contributed by atoms with Gasteiger partial charge in [0, 0.05) is 16.4 Å². The number of carbonyl (C=O) groups excluding carboxylic acids is 1. The number of hydrogen-bond donors (Lipinski definition) is 2. The summed E-state index contributed by atoms with van der Waals surface area (Å²) in [5.74, 6) is 0.136. The second kappa shape index (κ2) is 8.42. The van der Waals surface area contributed by atoms with Crippen LogP contribution in [0.3, 0.4) is 0 Å². The van der Waals surface area contributed by atoms with Crippen LogP contribution in [0.15, 0.2) is 28.7 Å². The molecule has 3 nitrogen and oxygen atoms in total. The number of benzene rings is 1. The predicted octanol–water partition coefficient (Wildman–Crippen LogP) is 3.78. The first-order valence-corrected chi connectivity index (χ1v) is 8.01. The van der Waals surface area contributed by atoms with E-state index in [1.807, 2.05) is 45.0 Å². The number of nitrogens with one attached hydrogen (secondary N) is 1. The molecule has 3 atom stereocenters. The van der Waals surface area contributed by atoms with Gasteiger partial charge in [-0.1, -0.05) is 47.5 Å². The Labute approximate surface area is 130 Å². The highest BCUT2D eigenvalue weighted by Crippen LogP contribution is 2.23. The molecule has 112 valence electrons. The molecule has 0 heterocycles. The molecule has 1 aromatic rings. The van der Waals surface area contributed by atoms with Crippen molar-refractivity contribution in [2.75, 3.05) is 0 Å². The van der Waals surface area contributed by atoms with Gasteiger partial charge in [-0.25, -0.2) is 0 Å². The van der Waals surface area contributed by atoms with Crippen LogP contribution in [0.1, 0.15) is 51.6 Å². The molecule has 3 N–H and O–H groups in total. The highest BCUT2D eigenvalue weighted by Gasteiger charge is 2.17. The number of halogens is 1. The molecular weight excluding hydrogens is 316 g/mol. The van der Waals surface area contributed by atoms with E-state index in [-0.39, 0.29) is 23.9 Å². The van der Waals surface area contributed by atoms with Crippen LogP contribution in [0, 0.1) is 5.92 Å². The van der Waals surface area contributed by atoms with Crippen molar-refractivity contribution in [1.29, 1.82) is 0 Å². The van der Waals surface area contributed by atoms with Gasteiger partial charge in [0.2, 0.25) is 5.91 Å². The number of hydrogen-bond acceptors (Lipinski definition) is 2. The molecular formula is C16H25BrN2O. The summed E-state index contributed by atoms with van der Waals surface area (Å²) < 4.78 is 1.03. The van der Waals surface area contributed by atoms with Gasteiger partial charge >= 0.3 is 0 Å². The van der Waals surface area contributed by atoms with Crippen LogP contribution in [0.2, 0.25) is 0 Å². The second-order valence-electron chi connectivity index (χ2n) is 5.56. The van der Waals surface area contributed by atoms with Crippen molar-refractivity contribution in [2.24, 2.45) is 11.7 Å². The number of nitrogens with two attached hydrogens (primary N) is 1. The zero-order valence-corrected chi connectivity index (χ0v) is 14.1. The molecule has 2 unspecified atom stereocenters. The Hall–Kier alpha value is -0.870. The predicted molar refractivity (Wildman–Crippen MR) is 87.4 cm³/mol. The maximum atomic E-state index is 12.2. The molecule has 0 saturated carbocycles. The van der Waals surface area contributed by atoms with Crippen molar-refractivity contribution < 1.29 is 4.79 Å². The van der Waals surface area contributed by atoms with Crippen molar-refractivity contribution in [3.8, 4) is 0 Å². The third kappa shape index (κ3) is 5.63. The summed E-state index contributed by atoms with van der Waals surface area (Å²) >= 11 is 3.52. The Balaban J connectivity index is 2.47. The van der Waals surface area contributed by atoms with Crippen LogP contribution >= 0.6 is 15.9 Å². The minimum atomic E-state index is 0.00829. The van der Waals surface area contributed by atoms with Crippen molar-refractivity contribution in [3.05, 3.63) is 34.3 Å². The highest BCUT2D eigenvalue weighted by atomic mass is 79.9. The van der Waals surface area contributed by atoms with Gasteiger partial charge in [0.25, 0.3) is 0 Å².